The van der Waals surface area contributed by atoms with Gasteiger partial charge in [0.1, 0.15) is 0 Å². The average Bonchev–Trinajstić information content (AvgIpc) is 3.06. The fraction of sp³-hybridized carbons (Fsp3) is 0.824. The minimum atomic E-state index is 0.228. The van der Waals surface area contributed by atoms with E-state index in [1.807, 2.05) is 6.33 Å². The SMILES string of the molecule is CC(C)NCc1cn(CC2CCC3(CCCCC3)O2)cn1. The van der Waals surface area contributed by atoms with Crippen molar-refractivity contribution in [1.29, 1.82) is 0 Å². The molecule has 4 heteroatoms. The van der Waals surface area contributed by atoms with Crippen LogP contribution in [-0.4, -0.2) is 27.3 Å². The maximum atomic E-state index is 6.44. The Labute approximate surface area is 128 Å². The molecule has 118 valence electrons. The van der Waals surface area contributed by atoms with Crippen molar-refractivity contribution < 1.29 is 4.74 Å². The first-order valence-corrected chi connectivity index (χ1v) is 8.57. The van der Waals surface area contributed by atoms with Crippen molar-refractivity contribution in [2.75, 3.05) is 0 Å². The summed E-state index contributed by atoms with van der Waals surface area (Å²) in [5.74, 6) is 0. The van der Waals surface area contributed by atoms with Crippen molar-refractivity contribution in [3.8, 4) is 0 Å². The molecule has 21 heavy (non-hydrogen) atoms. The molecule has 4 nitrogen and oxygen atoms in total. The third kappa shape index (κ3) is 3.86. The van der Waals surface area contributed by atoms with Gasteiger partial charge in [0.25, 0.3) is 0 Å². The van der Waals surface area contributed by atoms with E-state index in [2.05, 4.69) is 34.9 Å². The lowest BCUT2D eigenvalue weighted by Crippen LogP contribution is -2.32. The fourth-order valence-electron chi connectivity index (χ4n) is 3.73. The highest BCUT2D eigenvalue weighted by atomic mass is 16.5. The Hall–Kier alpha value is -0.870. The Balaban J connectivity index is 1.51. The van der Waals surface area contributed by atoms with Gasteiger partial charge in [-0.25, -0.2) is 4.98 Å². The fourth-order valence-corrected chi connectivity index (χ4v) is 3.73. The molecule has 1 saturated heterocycles. The molecule has 1 spiro atoms. The minimum Gasteiger partial charge on any atom is -0.370 e. The molecule has 2 fully saturated rings. The molecule has 1 saturated carbocycles. The molecule has 3 rings (SSSR count). The Morgan fingerprint density at radius 3 is 2.90 bits per heavy atom. The van der Waals surface area contributed by atoms with Crippen LogP contribution in [-0.2, 0) is 17.8 Å². The summed E-state index contributed by atoms with van der Waals surface area (Å²) in [6.07, 6.45) is 13.6. The lowest BCUT2D eigenvalue weighted by atomic mass is 9.83. The minimum absolute atomic E-state index is 0.228. The Kier molecular flexibility index (Phi) is 4.65. The van der Waals surface area contributed by atoms with Gasteiger partial charge in [0.05, 0.1) is 23.7 Å². The highest BCUT2D eigenvalue weighted by molar-refractivity contribution is 4.98. The van der Waals surface area contributed by atoms with Gasteiger partial charge in [0, 0.05) is 25.3 Å². The molecular formula is C17H29N3O. The first-order chi connectivity index (χ1) is 10.2. The third-order valence-corrected chi connectivity index (χ3v) is 4.90. The van der Waals surface area contributed by atoms with E-state index in [9.17, 15) is 0 Å². The van der Waals surface area contributed by atoms with Crippen LogP contribution in [0.4, 0.5) is 0 Å². The number of ether oxygens (including phenoxy) is 1. The van der Waals surface area contributed by atoms with Gasteiger partial charge in [-0.2, -0.15) is 0 Å². The van der Waals surface area contributed by atoms with E-state index in [1.54, 1.807) is 0 Å². The molecule has 1 aromatic heterocycles. The summed E-state index contributed by atoms with van der Waals surface area (Å²) in [6, 6.07) is 0.500. The van der Waals surface area contributed by atoms with Crippen molar-refractivity contribution in [2.24, 2.45) is 0 Å². The molecule has 1 unspecified atom stereocenters. The van der Waals surface area contributed by atoms with Crippen LogP contribution in [0.1, 0.15) is 64.5 Å². The van der Waals surface area contributed by atoms with Crippen molar-refractivity contribution >= 4 is 0 Å². The Morgan fingerprint density at radius 1 is 1.33 bits per heavy atom. The summed E-state index contributed by atoms with van der Waals surface area (Å²) in [7, 11) is 0. The van der Waals surface area contributed by atoms with E-state index in [1.165, 1.54) is 44.9 Å². The van der Waals surface area contributed by atoms with Gasteiger partial charge < -0.3 is 14.6 Å². The second-order valence-electron chi connectivity index (χ2n) is 7.12. The van der Waals surface area contributed by atoms with Crippen molar-refractivity contribution in [1.82, 2.24) is 14.9 Å². The predicted octanol–water partition coefficient (Wildman–Crippen LogP) is 3.26. The maximum absolute atomic E-state index is 6.44. The predicted molar refractivity (Wildman–Crippen MR) is 84.1 cm³/mol. The van der Waals surface area contributed by atoms with E-state index < -0.39 is 0 Å². The largest absolute Gasteiger partial charge is 0.370 e. The van der Waals surface area contributed by atoms with Gasteiger partial charge in [0.2, 0.25) is 0 Å². The summed E-state index contributed by atoms with van der Waals surface area (Å²) in [5.41, 5.74) is 1.35. The normalized spacial score (nSPS) is 25.0. The highest BCUT2D eigenvalue weighted by Crippen LogP contribution is 2.42. The Morgan fingerprint density at radius 2 is 2.14 bits per heavy atom. The first-order valence-electron chi connectivity index (χ1n) is 8.57. The quantitative estimate of drug-likeness (QED) is 0.905. The van der Waals surface area contributed by atoms with E-state index in [-0.39, 0.29) is 5.60 Å². The standard InChI is InChI=1S/C17H29N3O/c1-14(2)18-10-15-11-20(13-19-15)12-16-6-9-17(21-16)7-4-3-5-8-17/h11,13-14,16,18H,3-10,12H2,1-2H3. The molecule has 0 radical (unpaired) electrons. The lowest BCUT2D eigenvalue weighted by molar-refractivity contribution is -0.0679. The van der Waals surface area contributed by atoms with E-state index in [4.69, 9.17) is 4.74 Å². The number of imidazole rings is 1. The monoisotopic (exact) mass is 291 g/mol. The molecule has 1 N–H and O–H groups in total. The van der Waals surface area contributed by atoms with Crippen LogP contribution in [0.3, 0.4) is 0 Å². The van der Waals surface area contributed by atoms with Crippen molar-refractivity contribution in [3.63, 3.8) is 0 Å². The topological polar surface area (TPSA) is 39.1 Å². The summed E-state index contributed by atoms with van der Waals surface area (Å²) >= 11 is 0. The number of hydrogen-bond donors (Lipinski definition) is 1. The third-order valence-electron chi connectivity index (χ3n) is 4.90. The summed E-state index contributed by atoms with van der Waals surface area (Å²) in [4.78, 5) is 4.48. The second kappa shape index (κ2) is 6.49. The van der Waals surface area contributed by atoms with Gasteiger partial charge in [0.15, 0.2) is 0 Å². The lowest BCUT2D eigenvalue weighted by Gasteiger charge is -2.33. The zero-order valence-electron chi connectivity index (χ0n) is 13.5. The Bertz CT molecular complexity index is 449. The average molecular weight is 291 g/mol. The molecule has 1 aliphatic heterocycles. The summed E-state index contributed by atoms with van der Waals surface area (Å²) in [6.45, 7) is 6.12. The van der Waals surface area contributed by atoms with Crippen LogP contribution in [0.25, 0.3) is 0 Å². The summed E-state index contributed by atoms with van der Waals surface area (Å²) in [5, 5.41) is 3.41. The van der Waals surface area contributed by atoms with Gasteiger partial charge in [-0.05, 0) is 25.7 Å². The molecule has 2 aliphatic rings. The number of aromatic nitrogens is 2. The number of nitrogens with one attached hydrogen (secondary N) is 1. The zero-order valence-corrected chi connectivity index (χ0v) is 13.5. The van der Waals surface area contributed by atoms with Gasteiger partial charge in [-0.1, -0.05) is 33.1 Å². The van der Waals surface area contributed by atoms with Crippen molar-refractivity contribution in [2.45, 2.75) is 89.6 Å². The van der Waals surface area contributed by atoms with Gasteiger partial charge in [-0.3, -0.25) is 0 Å². The molecule has 0 amide bonds. The van der Waals surface area contributed by atoms with Crippen molar-refractivity contribution in [3.05, 3.63) is 18.2 Å². The van der Waals surface area contributed by atoms with Crippen LogP contribution in [0, 0.1) is 0 Å². The van der Waals surface area contributed by atoms with Gasteiger partial charge in [-0.15, -0.1) is 0 Å². The maximum Gasteiger partial charge on any atom is 0.0950 e. The smallest absolute Gasteiger partial charge is 0.0950 e. The number of nitrogens with zero attached hydrogens (tertiary/aromatic N) is 2. The molecule has 0 aromatic carbocycles. The van der Waals surface area contributed by atoms with Crippen LogP contribution in [0.5, 0.6) is 0 Å². The molecule has 1 aliphatic carbocycles. The zero-order chi connectivity index (χ0) is 14.7. The van der Waals surface area contributed by atoms with E-state index >= 15 is 0 Å². The highest BCUT2D eigenvalue weighted by Gasteiger charge is 2.40. The van der Waals surface area contributed by atoms with Crippen LogP contribution >= 0.6 is 0 Å². The molecule has 1 atom stereocenters. The van der Waals surface area contributed by atoms with Crippen LogP contribution in [0.2, 0.25) is 0 Å². The van der Waals surface area contributed by atoms with E-state index in [0.29, 0.717) is 12.1 Å². The first kappa shape index (κ1) is 15.0. The molecular weight excluding hydrogens is 262 g/mol. The van der Waals surface area contributed by atoms with Crippen LogP contribution in [0.15, 0.2) is 12.5 Å². The van der Waals surface area contributed by atoms with Gasteiger partial charge >= 0.3 is 0 Å². The second-order valence-corrected chi connectivity index (χ2v) is 7.12. The molecule has 0 bridgehead atoms. The number of rotatable bonds is 5. The van der Waals surface area contributed by atoms with E-state index in [0.717, 1.165) is 18.8 Å². The van der Waals surface area contributed by atoms with Crippen LogP contribution < -0.4 is 5.32 Å². The summed E-state index contributed by atoms with van der Waals surface area (Å²) < 4.78 is 8.64. The molecule has 2 heterocycles. The number of hydrogen-bond acceptors (Lipinski definition) is 3. The molecule has 1 aromatic rings.